The molecule has 1 aromatic rings. The van der Waals surface area contributed by atoms with Crippen LogP contribution >= 0.6 is 0 Å². The van der Waals surface area contributed by atoms with E-state index in [1.165, 1.54) is 25.2 Å². The van der Waals surface area contributed by atoms with Crippen LogP contribution in [0.2, 0.25) is 0 Å². The summed E-state index contributed by atoms with van der Waals surface area (Å²) in [5.41, 5.74) is 6.35. The van der Waals surface area contributed by atoms with E-state index in [0.29, 0.717) is 17.3 Å². The summed E-state index contributed by atoms with van der Waals surface area (Å²) in [4.78, 5) is 11.0. The molecule has 11 heteroatoms. The predicted octanol–water partition coefficient (Wildman–Crippen LogP) is 1.16. The fraction of sp³-hybridized carbons (Fsp3) is 0.188. The molecule has 1 amide bonds. The second-order valence-electron chi connectivity index (χ2n) is 5.86. The van der Waals surface area contributed by atoms with E-state index in [9.17, 15) is 30.7 Å². The Morgan fingerprint density at radius 2 is 1.70 bits per heavy atom. The third-order valence-corrected chi connectivity index (χ3v) is 7.52. The lowest BCUT2D eigenvalue weighted by Crippen LogP contribution is -2.50. The number of amides is 1. The third-order valence-electron chi connectivity index (χ3n) is 3.86. The van der Waals surface area contributed by atoms with Crippen molar-refractivity contribution < 1.29 is 30.7 Å². The molecule has 1 aromatic carbocycles. The number of anilines is 1. The normalized spacial score (nSPS) is 19.7. The fourth-order valence-corrected chi connectivity index (χ4v) is 5.28. The molecule has 9 nitrogen and oxygen atoms in total. The molecule has 0 bridgehead atoms. The number of benzene rings is 1. The van der Waals surface area contributed by atoms with E-state index in [2.05, 4.69) is 5.32 Å². The molecule has 5 N–H and O–H groups in total. The quantitative estimate of drug-likeness (QED) is 0.521. The number of carbonyl (C=O) groups is 1. The second kappa shape index (κ2) is 7.27. The average molecular weight is 414 g/mol. The summed E-state index contributed by atoms with van der Waals surface area (Å²) < 4.78 is 63.6. The van der Waals surface area contributed by atoms with Crippen LogP contribution in [0.4, 0.5) is 5.69 Å². The lowest BCUT2D eigenvalue weighted by molar-refractivity contribution is -0.114. The standard InChI is InChI=1S/C16H18N2O7S2/c1-11(19)18-15-8-3-12(4-9-15)2-5-13-6-7-14(17)10-16(13,26(20,21)22)27(23,24)25/h2-10,13H,17H2,1H3,(H,18,19)(H,20,21,22)(H,23,24,25). The van der Waals surface area contributed by atoms with Gasteiger partial charge in [0.15, 0.2) is 0 Å². The Kier molecular flexibility index (Phi) is 5.61. The van der Waals surface area contributed by atoms with E-state index in [1.54, 1.807) is 24.3 Å². The maximum absolute atomic E-state index is 11.9. The van der Waals surface area contributed by atoms with Gasteiger partial charge in [-0.15, -0.1) is 0 Å². The predicted molar refractivity (Wildman–Crippen MR) is 101 cm³/mol. The molecule has 1 unspecified atom stereocenters. The van der Waals surface area contributed by atoms with Gasteiger partial charge >= 0.3 is 0 Å². The number of rotatable bonds is 5. The van der Waals surface area contributed by atoms with Crippen LogP contribution in [0.5, 0.6) is 0 Å². The minimum atomic E-state index is -5.30. The van der Waals surface area contributed by atoms with Gasteiger partial charge in [-0.05, 0) is 29.8 Å². The van der Waals surface area contributed by atoms with Crippen molar-refractivity contribution in [3.63, 3.8) is 0 Å². The topological polar surface area (TPSA) is 164 Å². The average Bonchev–Trinajstić information content (AvgIpc) is 2.52. The Morgan fingerprint density at radius 1 is 1.15 bits per heavy atom. The Labute approximate surface area is 156 Å². The van der Waals surface area contributed by atoms with Crippen LogP contribution in [0.1, 0.15) is 12.5 Å². The summed E-state index contributed by atoms with van der Waals surface area (Å²) in [6.45, 7) is 1.35. The first-order valence-electron chi connectivity index (χ1n) is 7.53. The van der Waals surface area contributed by atoms with Crippen LogP contribution in [-0.4, -0.2) is 35.9 Å². The van der Waals surface area contributed by atoms with Gasteiger partial charge in [0.05, 0.1) is 0 Å². The largest absolute Gasteiger partial charge is 0.399 e. The van der Waals surface area contributed by atoms with Crippen LogP contribution in [0, 0.1) is 5.92 Å². The highest BCUT2D eigenvalue weighted by Gasteiger charge is 2.58. The van der Waals surface area contributed by atoms with Crippen molar-refractivity contribution in [3.05, 3.63) is 59.8 Å². The molecule has 1 aliphatic carbocycles. The molecule has 1 atom stereocenters. The summed E-state index contributed by atoms with van der Waals surface area (Å²) in [5.74, 6) is -1.69. The number of hydrogen-bond acceptors (Lipinski definition) is 6. The molecule has 1 aliphatic rings. The van der Waals surface area contributed by atoms with E-state index in [-0.39, 0.29) is 11.6 Å². The maximum atomic E-state index is 11.9. The highest BCUT2D eigenvalue weighted by atomic mass is 32.3. The first-order chi connectivity index (χ1) is 12.4. The maximum Gasteiger partial charge on any atom is 0.292 e. The lowest BCUT2D eigenvalue weighted by Gasteiger charge is -2.31. The molecule has 0 aromatic heterocycles. The van der Waals surface area contributed by atoms with E-state index >= 15 is 0 Å². The summed E-state index contributed by atoms with van der Waals surface area (Å²) in [6.07, 6.45) is 5.62. The van der Waals surface area contributed by atoms with Crippen molar-refractivity contribution in [1.29, 1.82) is 0 Å². The Hall–Kier alpha value is -2.47. The van der Waals surface area contributed by atoms with Gasteiger partial charge in [-0.2, -0.15) is 16.8 Å². The third kappa shape index (κ3) is 4.27. The summed E-state index contributed by atoms with van der Waals surface area (Å²) in [7, 11) is -10.6. The van der Waals surface area contributed by atoms with Crippen LogP contribution < -0.4 is 11.1 Å². The molecule has 0 heterocycles. The molecule has 0 spiro atoms. The van der Waals surface area contributed by atoms with E-state index in [1.807, 2.05) is 0 Å². The summed E-state index contributed by atoms with van der Waals surface area (Å²) in [5, 5.41) is 2.57. The number of nitrogens with one attached hydrogen (secondary N) is 1. The number of carbonyl (C=O) groups excluding carboxylic acids is 1. The Balaban J connectivity index is 2.45. The van der Waals surface area contributed by atoms with Crippen LogP contribution in [0.15, 0.2) is 54.3 Å². The lowest BCUT2D eigenvalue weighted by atomic mass is 9.96. The minimum absolute atomic E-state index is 0.241. The molecule has 0 saturated carbocycles. The first-order valence-corrected chi connectivity index (χ1v) is 10.4. The molecule has 0 saturated heterocycles. The van der Waals surface area contributed by atoms with Crippen molar-refractivity contribution in [1.82, 2.24) is 0 Å². The van der Waals surface area contributed by atoms with Gasteiger partial charge in [-0.3, -0.25) is 13.9 Å². The molecule has 27 heavy (non-hydrogen) atoms. The van der Waals surface area contributed by atoms with Crippen LogP contribution in [0.25, 0.3) is 6.08 Å². The zero-order chi connectivity index (χ0) is 20.5. The Morgan fingerprint density at radius 3 is 2.19 bits per heavy atom. The molecule has 0 radical (unpaired) electrons. The van der Waals surface area contributed by atoms with Gasteiger partial charge in [0, 0.05) is 24.2 Å². The molecule has 0 fully saturated rings. The number of allylic oxidation sites excluding steroid dienone is 3. The number of nitrogens with two attached hydrogens (primary N) is 1. The van der Waals surface area contributed by atoms with Gasteiger partial charge in [0.25, 0.3) is 24.3 Å². The molecule has 2 rings (SSSR count). The SMILES string of the molecule is CC(=O)Nc1ccc(C=CC2C=CC(N)=CC2(S(=O)(=O)O)S(=O)(=O)O)cc1. The molecule has 0 aliphatic heterocycles. The van der Waals surface area contributed by atoms with Crippen LogP contribution in [-0.2, 0) is 25.0 Å². The van der Waals surface area contributed by atoms with E-state index in [4.69, 9.17) is 5.73 Å². The Bertz CT molecular complexity index is 1000. The zero-order valence-electron chi connectivity index (χ0n) is 14.1. The van der Waals surface area contributed by atoms with Crippen molar-refractivity contribution in [3.8, 4) is 0 Å². The highest BCUT2D eigenvalue weighted by Crippen LogP contribution is 2.39. The molecular formula is C16H18N2O7S2. The highest BCUT2D eigenvalue weighted by molar-refractivity contribution is 8.05. The van der Waals surface area contributed by atoms with Crippen molar-refractivity contribution in [2.45, 2.75) is 11.0 Å². The summed E-state index contributed by atoms with van der Waals surface area (Å²) >= 11 is 0. The first kappa shape index (κ1) is 20.8. The van der Waals surface area contributed by atoms with Crippen molar-refractivity contribution in [2.75, 3.05) is 5.32 Å². The summed E-state index contributed by atoms with van der Waals surface area (Å²) in [6, 6.07) is 6.38. The smallest absolute Gasteiger partial charge is 0.292 e. The van der Waals surface area contributed by atoms with Crippen molar-refractivity contribution in [2.24, 2.45) is 11.7 Å². The van der Waals surface area contributed by atoms with E-state index in [0.717, 1.165) is 6.08 Å². The zero-order valence-corrected chi connectivity index (χ0v) is 15.7. The van der Waals surface area contributed by atoms with Gasteiger partial charge < -0.3 is 11.1 Å². The monoisotopic (exact) mass is 414 g/mol. The van der Waals surface area contributed by atoms with Gasteiger partial charge in [0.1, 0.15) is 0 Å². The van der Waals surface area contributed by atoms with Crippen LogP contribution in [0.3, 0.4) is 0 Å². The van der Waals surface area contributed by atoms with E-state index < -0.39 is 30.2 Å². The molecule has 146 valence electrons. The second-order valence-corrected chi connectivity index (χ2v) is 9.37. The van der Waals surface area contributed by atoms with Gasteiger partial charge in [0.2, 0.25) is 5.91 Å². The van der Waals surface area contributed by atoms with Gasteiger partial charge in [-0.25, -0.2) is 0 Å². The molecular weight excluding hydrogens is 396 g/mol. The fourth-order valence-electron chi connectivity index (χ4n) is 2.65. The number of hydrogen-bond donors (Lipinski definition) is 4. The van der Waals surface area contributed by atoms with Crippen molar-refractivity contribution >= 4 is 37.9 Å². The van der Waals surface area contributed by atoms with Gasteiger partial charge in [-0.1, -0.05) is 30.4 Å². The minimum Gasteiger partial charge on any atom is -0.399 e.